The summed E-state index contributed by atoms with van der Waals surface area (Å²) in [4.78, 5) is 10.1. The minimum atomic E-state index is -0.420. The SMILES string of the molecule is CC(N)CCNc1ccc([N+](=O)[O-])cc1Br. The molecule has 16 heavy (non-hydrogen) atoms. The van der Waals surface area contributed by atoms with Crippen LogP contribution >= 0.6 is 15.9 Å². The topological polar surface area (TPSA) is 81.2 Å². The number of halogens is 1. The predicted molar refractivity (Wildman–Crippen MR) is 67.6 cm³/mol. The van der Waals surface area contributed by atoms with Gasteiger partial charge in [-0.25, -0.2) is 0 Å². The number of benzene rings is 1. The van der Waals surface area contributed by atoms with Crippen LogP contribution in [0.25, 0.3) is 0 Å². The number of nitrogens with two attached hydrogens (primary N) is 1. The number of anilines is 1. The van der Waals surface area contributed by atoms with Crippen LogP contribution in [0.2, 0.25) is 0 Å². The highest BCUT2D eigenvalue weighted by Gasteiger charge is 2.08. The van der Waals surface area contributed by atoms with Gasteiger partial charge in [-0.2, -0.15) is 0 Å². The van der Waals surface area contributed by atoms with E-state index in [-0.39, 0.29) is 11.7 Å². The van der Waals surface area contributed by atoms with Crippen molar-refractivity contribution in [1.82, 2.24) is 0 Å². The van der Waals surface area contributed by atoms with E-state index in [1.807, 2.05) is 6.92 Å². The maximum Gasteiger partial charge on any atom is 0.270 e. The van der Waals surface area contributed by atoms with Crippen molar-refractivity contribution in [2.75, 3.05) is 11.9 Å². The highest BCUT2D eigenvalue weighted by atomic mass is 79.9. The van der Waals surface area contributed by atoms with Gasteiger partial charge in [0.1, 0.15) is 0 Å². The first-order chi connectivity index (χ1) is 7.50. The number of nitro groups is 1. The molecule has 88 valence electrons. The number of hydrogen-bond donors (Lipinski definition) is 2. The summed E-state index contributed by atoms with van der Waals surface area (Å²) in [5.41, 5.74) is 6.53. The molecule has 1 aromatic rings. The predicted octanol–water partition coefficient (Wildman–Crippen LogP) is 2.51. The molecule has 1 atom stereocenters. The zero-order valence-corrected chi connectivity index (χ0v) is 10.5. The summed E-state index contributed by atoms with van der Waals surface area (Å²) in [5, 5.41) is 13.7. The highest BCUT2D eigenvalue weighted by Crippen LogP contribution is 2.26. The van der Waals surface area contributed by atoms with Gasteiger partial charge in [0, 0.05) is 34.9 Å². The third-order valence-corrected chi connectivity index (χ3v) is 2.73. The minimum absolute atomic E-state index is 0.0737. The van der Waals surface area contributed by atoms with Crippen molar-refractivity contribution in [1.29, 1.82) is 0 Å². The Morgan fingerprint density at radius 3 is 2.81 bits per heavy atom. The third kappa shape index (κ3) is 3.79. The maximum atomic E-state index is 10.5. The van der Waals surface area contributed by atoms with E-state index in [0.717, 1.165) is 18.7 Å². The lowest BCUT2D eigenvalue weighted by molar-refractivity contribution is -0.384. The molecule has 0 fully saturated rings. The summed E-state index contributed by atoms with van der Waals surface area (Å²) in [6.45, 7) is 2.68. The number of nitrogens with zero attached hydrogens (tertiary/aromatic N) is 1. The van der Waals surface area contributed by atoms with Gasteiger partial charge in [0.2, 0.25) is 0 Å². The molecule has 3 N–H and O–H groups in total. The van der Waals surface area contributed by atoms with E-state index in [1.165, 1.54) is 12.1 Å². The number of non-ortho nitro benzene ring substituents is 1. The third-order valence-electron chi connectivity index (χ3n) is 2.08. The minimum Gasteiger partial charge on any atom is -0.384 e. The van der Waals surface area contributed by atoms with E-state index < -0.39 is 4.92 Å². The molecule has 0 aliphatic heterocycles. The number of hydrogen-bond acceptors (Lipinski definition) is 4. The van der Waals surface area contributed by atoms with Crippen LogP contribution in [0.5, 0.6) is 0 Å². The van der Waals surface area contributed by atoms with Gasteiger partial charge in [-0.05, 0) is 35.3 Å². The van der Waals surface area contributed by atoms with Crippen molar-refractivity contribution in [3.63, 3.8) is 0 Å². The summed E-state index contributed by atoms with van der Waals surface area (Å²) in [6.07, 6.45) is 0.851. The first-order valence-corrected chi connectivity index (χ1v) is 5.73. The van der Waals surface area contributed by atoms with Crippen LogP contribution in [0.3, 0.4) is 0 Å². The van der Waals surface area contributed by atoms with Crippen LogP contribution in [-0.4, -0.2) is 17.5 Å². The average Bonchev–Trinajstić information content (AvgIpc) is 2.19. The van der Waals surface area contributed by atoms with Gasteiger partial charge in [-0.3, -0.25) is 10.1 Å². The summed E-state index contributed by atoms with van der Waals surface area (Å²) in [7, 11) is 0. The lowest BCUT2D eigenvalue weighted by atomic mass is 10.2. The molecule has 1 rings (SSSR count). The fourth-order valence-corrected chi connectivity index (χ4v) is 1.70. The molecule has 0 aromatic heterocycles. The van der Waals surface area contributed by atoms with Gasteiger partial charge < -0.3 is 11.1 Å². The van der Waals surface area contributed by atoms with Crippen molar-refractivity contribution in [2.45, 2.75) is 19.4 Å². The molecule has 0 saturated carbocycles. The van der Waals surface area contributed by atoms with Gasteiger partial charge in [-0.15, -0.1) is 0 Å². The Morgan fingerprint density at radius 1 is 1.62 bits per heavy atom. The molecule has 0 radical (unpaired) electrons. The second-order valence-electron chi connectivity index (χ2n) is 3.61. The molecule has 5 nitrogen and oxygen atoms in total. The molecule has 0 heterocycles. The van der Waals surface area contributed by atoms with E-state index in [9.17, 15) is 10.1 Å². The maximum absolute atomic E-state index is 10.5. The van der Waals surface area contributed by atoms with Crippen molar-refractivity contribution >= 4 is 27.3 Å². The normalized spacial score (nSPS) is 12.2. The Hall–Kier alpha value is -1.14. The first-order valence-electron chi connectivity index (χ1n) is 4.94. The average molecular weight is 288 g/mol. The van der Waals surface area contributed by atoms with Crippen molar-refractivity contribution in [2.24, 2.45) is 5.73 Å². The van der Waals surface area contributed by atoms with E-state index in [4.69, 9.17) is 5.73 Å². The number of rotatable bonds is 5. The largest absolute Gasteiger partial charge is 0.384 e. The molecule has 0 aliphatic rings. The molecule has 0 aliphatic carbocycles. The Balaban J connectivity index is 2.64. The first kappa shape index (κ1) is 12.9. The van der Waals surface area contributed by atoms with Gasteiger partial charge in [0.25, 0.3) is 5.69 Å². The zero-order valence-electron chi connectivity index (χ0n) is 8.94. The Bertz CT molecular complexity index is 382. The van der Waals surface area contributed by atoms with Crippen LogP contribution in [0, 0.1) is 10.1 Å². The highest BCUT2D eigenvalue weighted by molar-refractivity contribution is 9.10. The molecular weight excluding hydrogens is 274 g/mol. The van der Waals surface area contributed by atoms with Crippen LogP contribution in [0.15, 0.2) is 22.7 Å². The molecular formula is C10H14BrN3O2. The monoisotopic (exact) mass is 287 g/mol. The molecule has 0 spiro atoms. The van der Waals surface area contributed by atoms with E-state index in [0.29, 0.717) is 4.47 Å². The molecule has 1 unspecified atom stereocenters. The zero-order chi connectivity index (χ0) is 12.1. The van der Waals surface area contributed by atoms with Crippen LogP contribution < -0.4 is 11.1 Å². The summed E-state index contributed by atoms with van der Waals surface area (Å²) in [6, 6.07) is 4.78. The Labute approximate surface area is 102 Å². The van der Waals surface area contributed by atoms with E-state index in [2.05, 4.69) is 21.2 Å². The Morgan fingerprint density at radius 2 is 2.31 bits per heavy atom. The van der Waals surface area contributed by atoms with Gasteiger partial charge in [-0.1, -0.05) is 0 Å². The summed E-state index contributed by atoms with van der Waals surface area (Å²) < 4.78 is 0.686. The Kier molecular flexibility index (Phi) is 4.70. The van der Waals surface area contributed by atoms with Crippen molar-refractivity contribution < 1.29 is 4.92 Å². The summed E-state index contributed by atoms with van der Waals surface area (Å²) >= 11 is 3.28. The lowest BCUT2D eigenvalue weighted by Crippen LogP contribution is -2.19. The number of nitro benzene ring substituents is 1. The lowest BCUT2D eigenvalue weighted by Gasteiger charge is -2.09. The molecule has 0 saturated heterocycles. The van der Waals surface area contributed by atoms with Crippen LogP contribution in [-0.2, 0) is 0 Å². The smallest absolute Gasteiger partial charge is 0.270 e. The van der Waals surface area contributed by atoms with Crippen LogP contribution in [0.4, 0.5) is 11.4 Å². The molecule has 6 heteroatoms. The van der Waals surface area contributed by atoms with Crippen LogP contribution in [0.1, 0.15) is 13.3 Å². The summed E-state index contributed by atoms with van der Waals surface area (Å²) in [5.74, 6) is 0. The second-order valence-corrected chi connectivity index (χ2v) is 4.47. The molecule has 0 bridgehead atoms. The van der Waals surface area contributed by atoms with Crippen molar-refractivity contribution in [3.05, 3.63) is 32.8 Å². The number of nitrogens with one attached hydrogen (secondary N) is 1. The van der Waals surface area contributed by atoms with E-state index >= 15 is 0 Å². The second kappa shape index (κ2) is 5.81. The van der Waals surface area contributed by atoms with Crippen molar-refractivity contribution in [3.8, 4) is 0 Å². The van der Waals surface area contributed by atoms with E-state index in [1.54, 1.807) is 6.07 Å². The van der Waals surface area contributed by atoms with Gasteiger partial charge in [0.15, 0.2) is 0 Å². The fourth-order valence-electron chi connectivity index (χ4n) is 1.20. The van der Waals surface area contributed by atoms with Gasteiger partial charge in [0.05, 0.1) is 4.92 Å². The fraction of sp³-hybridized carbons (Fsp3) is 0.400. The quantitative estimate of drug-likeness (QED) is 0.644. The standard InChI is InChI=1S/C10H14BrN3O2/c1-7(12)4-5-13-10-3-2-8(14(15)16)6-9(10)11/h2-3,6-7,13H,4-5,12H2,1H3. The van der Waals surface area contributed by atoms with Gasteiger partial charge >= 0.3 is 0 Å². The molecule has 1 aromatic carbocycles. The molecule has 0 amide bonds.